The predicted molar refractivity (Wildman–Crippen MR) is 113 cm³/mol. The van der Waals surface area contributed by atoms with Gasteiger partial charge in [-0.1, -0.05) is 36.4 Å². The highest BCUT2D eigenvalue weighted by atomic mass is 79.9. The van der Waals surface area contributed by atoms with Crippen molar-refractivity contribution < 1.29 is 24.6 Å². The molecule has 1 saturated heterocycles. The Hall–Kier alpha value is -4.12. The fourth-order valence-corrected chi connectivity index (χ4v) is 2.93. The maximum atomic E-state index is 11.7. The van der Waals surface area contributed by atoms with Crippen LogP contribution in [0.5, 0.6) is 11.6 Å². The molecule has 2 aromatic carbocycles. The maximum absolute atomic E-state index is 11.7. The summed E-state index contributed by atoms with van der Waals surface area (Å²) in [4.78, 5) is 48.9. The largest absolute Gasteiger partial charge is 0.507 e. The number of benzene rings is 2. The number of rotatable bonds is 3. The second kappa shape index (κ2) is 9.13. The standard InChI is InChI=1S/C10H7BrN2O3.C10H8N2O3/c11-6-3-5(1-2-8(6)14)4-7-9(15)13-10(16)12-7;13-8(6-4-2-1-3-5-6)7-9(14)12-10(15)11-7/h1-4,14H,(H2,12,13,15,16);1-5,14H,(H2,11,12,15)/b7-4-;. The topological polar surface area (TPSA) is 164 Å². The minimum Gasteiger partial charge on any atom is -0.507 e. The van der Waals surface area contributed by atoms with E-state index in [1.165, 1.54) is 12.1 Å². The molecular formula is C20H15BrN4O6. The predicted octanol–water partition coefficient (Wildman–Crippen LogP) is 1.97. The van der Waals surface area contributed by atoms with Crippen LogP contribution < -0.4 is 16.3 Å². The summed E-state index contributed by atoms with van der Waals surface area (Å²) < 4.78 is 0.520. The summed E-state index contributed by atoms with van der Waals surface area (Å²) in [7, 11) is 0. The molecule has 1 aliphatic heterocycles. The Kier molecular flexibility index (Phi) is 6.36. The first kappa shape index (κ1) is 21.6. The van der Waals surface area contributed by atoms with E-state index in [9.17, 15) is 29.4 Å². The quantitative estimate of drug-likeness (QED) is 0.188. The molecule has 0 spiro atoms. The van der Waals surface area contributed by atoms with Crippen molar-refractivity contribution in [2.45, 2.75) is 0 Å². The first-order valence-corrected chi connectivity index (χ1v) is 9.47. The van der Waals surface area contributed by atoms with Crippen LogP contribution in [0.3, 0.4) is 0 Å². The molecule has 0 radical (unpaired) electrons. The smallest absolute Gasteiger partial charge is 0.326 e. The van der Waals surface area contributed by atoms with Crippen LogP contribution in [0.25, 0.3) is 6.08 Å². The molecule has 0 unspecified atom stereocenters. The Balaban J connectivity index is 0.000000176. The van der Waals surface area contributed by atoms with Crippen molar-refractivity contribution in [2.24, 2.45) is 0 Å². The number of carbonyl (C=O) groups excluding carboxylic acids is 3. The van der Waals surface area contributed by atoms with Gasteiger partial charge in [-0.2, -0.15) is 0 Å². The van der Waals surface area contributed by atoms with Gasteiger partial charge >= 0.3 is 11.7 Å². The van der Waals surface area contributed by atoms with Crippen LogP contribution in [0, 0.1) is 0 Å². The number of hydrogen-bond acceptors (Lipinski definition) is 6. The zero-order valence-electron chi connectivity index (χ0n) is 15.6. The van der Waals surface area contributed by atoms with Crippen LogP contribution in [-0.4, -0.2) is 37.9 Å². The number of nitrogens with one attached hydrogen (secondary N) is 4. The van der Waals surface area contributed by atoms with Crippen molar-refractivity contribution in [3.05, 3.63) is 86.0 Å². The van der Waals surface area contributed by atoms with Gasteiger partial charge < -0.3 is 15.5 Å². The summed E-state index contributed by atoms with van der Waals surface area (Å²) in [6.07, 6.45) is 1.52. The van der Waals surface area contributed by atoms with E-state index in [1.54, 1.807) is 42.5 Å². The lowest BCUT2D eigenvalue weighted by Gasteiger charge is -1.99. The normalized spacial score (nSPS) is 13.9. The Morgan fingerprint density at radius 2 is 1.65 bits per heavy atom. The van der Waals surface area contributed by atoms with E-state index in [4.69, 9.17) is 0 Å². The van der Waals surface area contributed by atoms with Crippen LogP contribution in [0.15, 0.2) is 63.5 Å². The molecule has 4 rings (SSSR count). The van der Waals surface area contributed by atoms with Gasteiger partial charge in [0.2, 0.25) is 11.7 Å². The molecule has 1 aliphatic rings. The minimum absolute atomic E-state index is 0.113. The average molecular weight is 487 g/mol. The summed E-state index contributed by atoms with van der Waals surface area (Å²) in [6.45, 7) is 0. The number of aromatic nitrogens is 2. The van der Waals surface area contributed by atoms with Gasteiger partial charge in [0.05, 0.1) is 4.47 Å². The van der Waals surface area contributed by atoms with E-state index >= 15 is 0 Å². The molecule has 3 aromatic rings. The van der Waals surface area contributed by atoms with Crippen LogP contribution >= 0.6 is 15.9 Å². The van der Waals surface area contributed by atoms with Crippen LogP contribution in [0.1, 0.15) is 21.6 Å². The number of imide groups is 1. The Labute approximate surface area is 182 Å². The second-order valence-electron chi connectivity index (χ2n) is 6.17. The molecule has 3 amide bonds. The Morgan fingerprint density at radius 1 is 0.935 bits per heavy atom. The Morgan fingerprint density at radius 3 is 2.19 bits per heavy atom. The van der Waals surface area contributed by atoms with Crippen LogP contribution in [-0.2, 0) is 4.79 Å². The highest BCUT2D eigenvalue weighted by Gasteiger charge is 2.22. The maximum Gasteiger partial charge on any atom is 0.326 e. The average Bonchev–Trinajstić information content (AvgIpc) is 3.24. The SMILES string of the molecule is O=C(c1ccccc1)c1[nH]c(=O)[nH]c1O.O=C1NC(=O)/C(=C/c2ccc(O)c(Br)c2)N1. The molecule has 1 fully saturated rings. The van der Waals surface area contributed by atoms with Gasteiger partial charge in [0, 0.05) is 5.56 Å². The highest BCUT2D eigenvalue weighted by molar-refractivity contribution is 9.10. The van der Waals surface area contributed by atoms with Crippen LogP contribution in [0.2, 0.25) is 0 Å². The molecule has 6 N–H and O–H groups in total. The van der Waals surface area contributed by atoms with Crippen molar-refractivity contribution in [3.8, 4) is 11.6 Å². The lowest BCUT2D eigenvalue weighted by Crippen LogP contribution is -2.22. The fourth-order valence-electron chi connectivity index (χ4n) is 2.53. The summed E-state index contributed by atoms with van der Waals surface area (Å²) in [5, 5.41) is 23.0. The van der Waals surface area contributed by atoms with E-state index < -0.39 is 29.3 Å². The molecule has 11 heteroatoms. The number of ketones is 1. The molecule has 2 heterocycles. The number of imidazole rings is 1. The zero-order valence-corrected chi connectivity index (χ0v) is 17.2. The summed E-state index contributed by atoms with van der Waals surface area (Å²) in [6, 6.07) is 12.6. The number of amides is 3. The fraction of sp³-hybridized carbons (Fsp3) is 0. The van der Waals surface area contributed by atoms with E-state index in [0.29, 0.717) is 15.6 Å². The molecule has 158 valence electrons. The van der Waals surface area contributed by atoms with Gasteiger partial charge in [-0.3, -0.25) is 24.9 Å². The highest BCUT2D eigenvalue weighted by Crippen LogP contribution is 2.25. The molecule has 10 nitrogen and oxygen atoms in total. The van der Waals surface area contributed by atoms with Gasteiger partial charge in [0.25, 0.3) is 5.91 Å². The number of H-pyrrole nitrogens is 2. The van der Waals surface area contributed by atoms with E-state index in [0.717, 1.165) is 0 Å². The third-order valence-electron chi connectivity index (χ3n) is 3.97. The van der Waals surface area contributed by atoms with Gasteiger partial charge in [-0.15, -0.1) is 0 Å². The lowest BCUT2D eigenvalue weighted by atomic mass is 10.1. The number of carbonyl (C=O) groups is 3. The number of halogens is 1. The van der Waals surface area contributed by atoms with Gasteiger partial charge in [0.15, 0.2) is 5.69 Å². The Bertz CT molecular complexity index is 1250. The monoisotopic (exact) mass is 486 g/mol. The molecule has 1 aromatic heterocycles. The zero-order chi connectivity index (χ0) is 22.5. The molecule has 0 atom stereocenters. The van der Waals surface area contributed by atoms with Crippen molar-refractivity contribution in [2.75, 3.05) is 0 Å². The van der Waals surface area contributed by atoms with Gasteiger partial charge in [0.1, 0.15) is 11.4 Å². The lowest BCUT2D eigenvalue weighted by molar-refractivity contribution is -0.115. The summed E-state index contributed by atoms with van der Waals surface area (Å²) >= 11 is 3.16. The van der Waals surface area contributed by atoms with E-state index in [2.05, 4.69) is 36.5 Å². The molecular weight excluding hydrogens is 472 g/mol. The second-order valence-corrected chi connectivity index (χ2v) is 7.03. The van der Waals surface area contributed by atoms with Crippen molar-refractivity contribution >= 4 is 39.7 Å². The van der Waals surface area contributed by atoms with Gasteiger partial charge in [-0.05, 0) is 39.7 Å². The van der Waals surface area contributed by atoms with E-state index in [1.807, 2.05) is 0 Å². The van der Waals surface area contributed by atoms with Crippen molar-refractivity contribution in [1.82, 2.24) is 20.6 Å². The first-order valence-electron chi connectivity index (χ1n) is 8.68. The van der Waals surface area contributed by atoms with Crippen LogP contribution in [0.4, 0.5) is 4.79 Å². The molecule has 31 heavy (non-hydrogen) atoms. The number of aromatic hydroxyl groups is 2. The number of urea groups is 1. The first-order chi connectivity index (χ1) is 14.7. The van der Waals surface area contributed by atoms with Crippen molar-refractivity contribution in [3.63, 3.8) is 0 Å². The molecule has 0 bridgehead atoms. The molecule has 0 aliphatic carbocycles. The number of hydrogen-bond donors (Lipinski definition) is 6. The third-order valence-corrected chi connectivity index (χ3v) is 4.61. The van der Waals surface area contributed by atoms with Crippen molar-refractivity contribution in [1.29, 1.82) is 0 Å². The third kappa shape index (κ3) is 5.28. The summed E-state index contributed by atoms with van der Waals surface area (Å²) in [5.41, 5.74) is 0.556. The van der Waals surface area contributed by atoms with E-state index in [-0.39, 0.29) is 17.1 Å². The number of phenols is 1. The number of aromatic amines is 2. The summed E-state index contributed by atoms with van der Waals surface area (Å²) in [5.74, 6) is -1.21. The minimum atomic E-state index is -0.605. The molecule has 0 saturated carbocycles. The number of phenolic OH excluding ortho intramolecular Hbond substituents is 1. The van der Waals surface area contributed by atoms with Gasteiger partial charge in [-0.25, -0.2) is 9.59 Å².